The van der Waals surface area contributed by atoms with E-state index in [1.54, 1.807) is 23.0 Å². The highest BCUT2D eigenvalue weighted by Crippen LogP contribution is 2.35. The normalized spacial score (nSPS) is 14.6. The molecule has 5 nitrogen and oxygen atoms in total. The largest absolute Gasteiger partial charge is 0.353 e. The van der Waals surface area contributed by atoms with Gasteiger partial charge in [-0.25, -0.2) is 4.98 Å². The molecule has 0 bridgehead atoms. The molecule has 0 unspecified atom stereocenters. The fraction of sp³-hybridized carbons (Fsp3) is 0.632. The van der Waals surface area contributed by atoms with Crippen molar-refractivity contribution in [3.8, 4) is 0 Å². The van der Waals surface area contributed by atoms with Crippen LogP contribution in [0.3, 0.4) is 0 Å². The van der Waals surface area contributed by atoms with Crippen LogP contribution in [0, 0.1) is 0 Å². The maximum Gasteiger partial charge on any atom is 0.262 e. The predicted octanol–water partition coefficient (Wildman–Crippen LogP) is 3.66. The molecule has 7 heteroatoms. The van der Waals surface area contributed by atoms with Crippen molar-refractivity contribution in [2.24, 2.45) is 7.05 Å². The van der Waals surface area contributed by atoms with Crippen molar-refractivity contribution in [1.82, 2.24) is 14.9 Å². The van der Waals surface area contributed by atoms with Crippen molar-refractivity contribution >= 4 is 39.2 Å². The van der Waals surface area contributed by atoms with Crippen molar-refractivity contribution < 1.29 is 4.79 Å². The first-order valence-electron chi connectivity index (χ1n) is 9.44. The number of fused-ring (bicyclic) bond motifs is 3. The van der Waals surface area contributed by atoms with E-state index in [9.17, 15) is 9.59 Å². The maximum absolute atomic E-state index is 12.8. The van der Waals surface area contributed by atoms with Gasteiger partial charge in [0.05, 0.1) is 11.1 Å². The minimum absolute atomic E-state index is 0.00187. The summed E-state index contributed by atoms with van der Waals surface area (Å²) in [6.45, 7) is 4.22. The Balaban J connectivity index is 1.65. The number of hydrogen-bond donors (Lipinski definition) is 1. The van der Waals surface area contributed by atoms with E-state index < -0.39 is 0 Å². The van der Waals surface area contributed by atoms with Gasteiger partial charge < -0.3 is 5.32 Å². The minimum Gasteiger partial charge on any atom is -0.353 e. The van der Waals surface area contributed by atoms with Gasteiger partial charge in [-0.05, 0) is 38.2 Å². The molecule has 0 saturated carbocycles. The van der Waals surface area contributed by atoms with Crippen molar-refractivity contribution in [1.29, 1.82) is 0 Å². The standard InChI is InChI=1S/C19H27N3O2S2/c1-4-5-6-8-12(2)20-15(23)11-25-19-21-17-16(18(24)22(19)3)13-9-7-10-14(13)26-17/h12H,4-11H2,1-3H3,(H,20,23)/t12-/m1/s1. The lowest BCUT2D eigenvalue weighted by atomic mass is 10.1. The van der Waals surface area contributed by atoms with Gasteiger partial charge in [-0.1, -0.05) is 37.9 Å². The van der Waals surface area contributed by atoms with E-state index in [1.165, 1.54) is 35.0 Å². The highest BCUT2D eigenvalue weighted by molar-refractivity contribution is 7.99. The number of carbonyl (C=O) groups excluding carboxylic acids is 1. The van der Waals surface area contributed by atoms with E-state index in [0.29, 0.717) is 5.16 Å². The second-order valence-electron chi connectivity index (χ2n) is 7.05. The van der Waals surface area contributed by atoms with Gasteiger partial charge in [-0.3, -0.25) is 14.2 Å². The van der Waals surface area contributed by atoms with E-state index in [1.807, 2.05) is 6.92 Å². The van der Waals surface area contributed by atoms with E-state index in [4.69, 9.17) is 0 Å². The number of nitrogens with zero attached hydrogens (tertiary/aromatic N) is 2. The first kappa shape index (κ1) is 19.4. The number of hydrogen-bond acceptors (Lipinski definition) is 5. The Morgan fingerprint density at radius 2 is 2.19 bits per heavy atom. The Morgan fingerprint density at radius 3 is 2.96 bits per heavy atom. The fourth-order valence-electron chi connectivity index (χ4n) is 3.45. The number of aryl methyl sites for hydroxylation is 2. The zero-order valence-corrected chi connectivity index (χ0v) is 17.4. The average molecular weight is 394 g/mol. The number of nitrogens with one attached hydrogen (secondary N) is 1. The molecule has 3 rings (SSSR count). The molecule has 0 aliphatic heterocycles. The van der Waals surface area contributed by atoms with Gasteiger partial charge in [-0.2, -0.15) is 0 Å². The number of carbonyl (C=O) groups is 1. The molecule has 1 amide bonds. The van der Waals surface area contributed by atoms with Crippen LogP contribution in [0.2, 0.25) is 0 Å². The zero-order chi connectivity index (χ0) is 18.7. The summed E-state index contributed by atoms with van der Waals surface area (Å²) >= 11 is 2.98. The first-order valence-corrected chi connectivity index (χ1v) is 11.2. The molecule has 2 aromatic rings. The molecular formula is C19H27N3O2S2. The van der Waals surface area contributed by atoms with E-state index in [0.717, 1.165) is 42.3 Å². The maximum atomic E-state index is 12.8. The van der Waals surface area contributed by atoms with Crippen LogP contribution in [0.15, 0.2) is 9.95 Å². The quantitative estimate of drug-likeness (QED) is 0.422. The molecule has 2 aromatic heterocycles. The Kier molecular flexibility index (Phi) is 6.40. The lowest BCUT2D eigenvalue weighted by Gasteiger charge is -2.13. The molecule has 0 saturated heterocycles. The van der Waals surface area contributed by atoms with Gasteiger partial charge in [0.25, 0.3) is 5.56 Å². The molecule has 0 spiro atoms. The molecule has 0 fully saturated rings. The SMILES string of the molecule is CCCCC[C@@H](C)NC(=O)CSc1nc2sc3c(c2c(=O)n1C)CCC3. The van der Waals surface area contributed by atoms with Crippen LogP contribution < -0.4 is 10.9 Å². The lowest BCUT2D eigenvalue weighted by molar-refractivity contribution is -0.119. The fourth-order valence-corrected chi connectivity index (χ4v) is 5.54. The van der Waals surface area contributed by atoms with Gasteiger partial charge in [0.2, 0.25) is 5.91 Å². The second-order valence-corrected chi connectivity index (χ2v) is 9.08. The second kappa shape index (κ2) is 8.57. The van der Waals surface area contributed by atoms with Crippen molar-refractivity contribution in [2.45, 2.75) is 70.0 Å². The number of thioether (sulfide) groups is 1. The monoisotopic (exact) mass is 393 g/mol. The van der Waals surface area contributed by atoms with Gasteiger partial charge >= 0.3 is 0 Å². The summed E-state index contributed by atoms with van der Waals surface area (Å²) in [7, 11) is 1.75. The Bertz CT molecular complexity index is 857. The lowest BCUT2D eigenvalue weighted by Crippen LogP contribution is -2.34. The Hall–Kier alpha value is -1.34. The molecule has 0 aromatic carbocycles. The molecular weight excluding hydrogens is 366 g/mol. The first-order chi connectivity index (χ1) is 12.5. The Labute approximate surface area is 162 Å². The van der Waals surface area contributed by atoms with E-state index >= 15 is 0 Å². The summed E-state index contributed by atoms with van der Waals surface area (Å²) in [6.07, 6.45) is 7.70. The third-order valence-corrected chi connectivity index (χ3v) is 7.10. The molecule has 26 heavy (non-hydrogen) atoms. The molecule has 142 valence electrons. The number of aromatic nitrogens is 2. The van der Waals surface area contributed by atoms with Crippen LogP contribution in [0.5, 0.6) is 0 Å². The van der Waals surface area contributed by atoms with Crippen LogP contribution in [-0.2, 0) is 24.7 Å². The van der Waals surface area contributed by atoms with Crippen LogP contribution in [0.1, 0.15) is 56.4 Å². The number of unbranched alkanes of at least 4 members (excludes halogenated alkanes) is 2. The predicted molar refractivity (Wildman–Crippen MR) is 109 cm³/mol. The zero-order valence-electron chi connectivity index (χ0n) is 15.8. The third-order valence-electron chi connectivity index (χ3n) is 4.89. The van der Waals surface area contributed by atoms with Crippen molar-refractivity contribution in [2.75, 3.05) is 5.75 Å². The highest BCUT2D eigenvalue weighted by atomic mass is 32.2. The van der Waals surface area contributed by atoms with Crippen molar-refractivity contribution in [3.63, 3.8) is 0 Å². The highest BCUT2D eigenvalue weighted by Gasteiger charge is 2.22. The van der Waals surface area contributed by atoms with Gasteiger partial charge in [0.1, 0.15) is 4.83 Å². The summed E-state index contributed by atoms with van der Waals surface area (Å²) in [5.41, 5.74) is 1.22. The van der Waals surface area contributed by atoms with Gasteiger partial charge in [0.15, 0.2) is 5.16 Å². The van der Waals surface area contributed by atoms with Crippen LogP contribution in [-0.4, -0.2) is 27.3 Å². The smallest absolute Gasteiger partial charge is 0.262 e. The number of amides is 1. The third kappa shape index (κ3) is 4.14. The van der Waals surface area contributed by atoms with Crippen LogP contribution in [0.4, 0.5) is 0 Å². The topological polar surface area (TPSA) is 64.0 Å². The molecule has 1 N–H and O–H groups in total. The van der Waals surface area contributed by atoms with Gasteiger partial charge in [0, 0.05) is 18.0 Å². The molecule has 1 aliphatic carbocycles. The van der Waals surface area contributed by atoms with Crippen LogP contribution >= 0.6 is 23.1 Å². The van der Waals surface area contributed by atoms with Crippen molar-refractivity contribution in [3.05, 3.63) is 20.8 Å². The summed E-state index contributed by atoms with van der Waals surface area (Å²) in [5, 5.41) is 4.46. The van der Waals surface area contributed by atoms with Gasteiger partial charge in [-0.15, -0.1) is 11.3 Å². The average Bonchev–Trinajstić information content (AvgIpc) is 3.17. The molecule has 2 heterocycles. The molecule has 0 radical (unpaired) electrons. The summed E-state index contributed by atoms with van der Waals surface area (Å²) in [5.74, 6) is 0.289. The number of thiophene rings is 1. The summed E-state index contributed by atoms with van der Waals surface area (Å²) in [4.78, 5) is 31.8. The van der Waals surface area contributed by atoms with E-state index in [-0.39, 0.29) is 23.3 Å². The summed E-state index contributed by atoms with van der Waals surface area (Å²) < 4.78 is 1.59. The van der Waals surface area contributed by atoms with E-state index in [2.05, 4.69) is 17.2 Å². The molecule has 1 atom stereocenters. The minimum atomic E-state index is 0.00187. The van der Waals surface area contributed by atoms with Crippen LogP contribution in [0.25, 0.3) is 10.2 Å². The molecule has 1 aliphatic rings. The Morgan fingerprint density at radius 1 is 1.38 bits per heavy atom. The summed E-state index contributed by atoms with van der Waals surface area (Å²) in [6, 6.07) is 0.189. The number of rotatable bonds is 8.